The molecular weight excluding hydrogens is 368 g/mol. The van der Waals surface area contributed by atoms with E-state index in [1.165, 1.54) is 10.1 Å². The van der Waals surface area contributed by atoms with E-state index in [-0.39, 0.29) is 18.9 Å². The van der Waals surface area contributed by atoms with E-state index in [4.69, 9.17) is 20.8 Å². The van der Waals surface area contributed by atoms with E-state index in [1.54, 1.807) is 18.2 Å². The van der Waals surface area contributed by atoms with Gasteiger partial charge in [0.05, 0.1) is 12.1 Å². The lowest BCUT2D eigenvalue weighted by molar-refractivity contribution is -0.121. The number of aryl methyl sites for hydroxylation is 3. The molecule has 0 spiro atoms. The molecule has 142 valence electrons. The van der Waals surface area contributed by atoms with E-state index in [0.717, 1.165) is 11.3 Å². The smallest absolute Gasteiger partial charge is 0.419 e. The topological polar surface area (TPSA) is 73.5 Å². The third kappa shape index (κ3) is 4.71. The second-order valence-electron chi connectivity index (χ2n) is 6.35. The van der Waals surface area contributed by atoms with Crippen molar-refractivity contribution in [3.63, 3.8) is 0 Å². The minimum atomic E-state index is -0.502. The van der Waals surface area contributed by atoms with Crippen LogP contribution in [0.4, 0.5) is 0 Å². The number of hydrogen-bond donors (Lipinski definition) is 1. The molecule has 0 aliphatic carbocycles. The molecule has 0 saturated carbocycles. The maximum Gasteiger partial charge on any atom is 0.419 e. The van der Waals surface area contributed by atoms with Gasteiger partial charge in [-0.15, -0.1) is 0 Å². The monoisotopic (exact) mass is 388 g/mol. The van der Waals surface area contributed by atoms with Crippen molar-refractivity contribution < 1.29 is 13.9 Å². The minimum Gasteiger partial charge on any atom is -0.491 e. The lowest BCUT2D eigenvalue weighted by Crippen LogP contribution is -2.29. The van der Waals surface area contributed by atoms with Gasteiger partial charge in [-0.2, -0.15) is 0 Å². The third-order valence-corrected chi connectivity index (χ3v) is 4.44. The molecule has 1 heterocycles. The van der Waals surface area contributed by atoms with Crippen LogP contribution in [0.15, 0.2) is 45.6 Å². The molecule has 0 saturated heterocycles. The van der Waals surface area contributed by atoms with Crippen molar-refractivity contribution >= 4 is 28.6 Å². The summed E-state index contributed by atoms with van der Waals surface area (Å²) in [4.78, 5) is 24.0. The van der Waals surface area contributed by atoms with Crippen LogP contribution in [0.3, 0.4) is 0 Å². The quantitative estimate of drug-likeness (QED) is 0.629. The van der Waals surface area contributed by atoms with Gasteiger partial charge in [-0.25, -0.2) is 4.79 Å². The molecule has 3 rings (SSSR count). The second kappa shape index (κ2) is 8.31. The molecule has 0 radical (unpaired) electrons. The highest BCUT2D eigenvalue weighted by molar-refractivity contribution is 6.31. The summed E-state index contributed by atoms with van der Waals surface area (Å²) in [7, 11) is 0. The summed E-state index contributed by atoms with van der Waals surface area (Å²) in [6, 6.07) is 10.9. The number of hydrogen-bond acceptors (Lipinski definition) is 4. The fourth-order valence-corrected chi connectivity index (χ4v) is 3.03. The standard InChI is InChI=1S/C20H21ClN2O4/c1-13-3-6-17(14(2)11-13)26-10-8-22-19(24)7-9-23-16-5-4-15(21)12-18(16)27-20(23)25/h3-6,11-12H,7-10H2,1-2H3,(H,22,24). The summed E-state index contributed by atoms with van der Waals surface area (Å²) in [5.74, 6) is 0.151. The molecule has 0 unspecified atom stereocenters. The molecule has 27 heavy (non-hydrogen) atoms. The van der Waals surface area contributed by atoms with Crippen molar-refractivity contribution in [3.05, 3.63) is 63.1 Å². The SMILES string of the molecule is Cc1ccc(OCCNC(=O)CCn2c(=O)oc3cc(Cl)ccc32)c(C)c1. The van der Waals surface area contributed by atoms with Gasteiger partial charge in [0.15, 0.2) is 5.58 Å². The number of carbonyl (C=O) groups excluding carboxylic acids is 1. The van der Waals surface area contributed by atoms with Gasteiger partial charge < -0.3 is 14.5 Å². The second-order valence-corrected chi connectivity index (χ2v) is 6.79. The van der Waals surface area contributed by atoms with Crippen molar-refractivity contribution in [1.29, 1.82) is 0 Å². The number of nitrogens with one attached hydrogen (secondary N) is 1. The zero-order chi connectivity index (χ0) is 19.4. The highest BCUT2D eigenvalue weighted by Crippen LogP contribution is 2.19. The van der Waals surface area contributed by atoms with Crippen LogP contribution in [0, 0.1) is 13.8 Å². The molecule has 0 bridgehead atoms. The van der Waals surface area contributed by atoms with Gasteiger partial charge in [-0.1, -0.05) is 29.3 Å². The fraction of sp³-hybridized carbons (Fsp3) is 0.300. The first-order chi connectivity index (χ1) is 12.9. The molecule has 1 aromatic heterocycles. The van der Waals surface area contributed by atoms with Gasteiger partial charge >= 0.3 is 5.76 Å². The van der Waals surface area contributed by atoms with Crippen LogP contribution in [0.2, 0.25) is 5.02 Å². The van der Waals surface area contributed by atoms with E-state index in [2.05, 4.69) is 5.32 Å². The first-order valence-electron chi connectivity index (χ1n) is 8.69. The average Bonchev–Trinajstić information content (AvgIpc) is 2.92. The van der Waals surface area contributed by atoms with Gasteiger partial charge in [0.1, 0.15) is 12.4 Å². The number of aromatic nitrogens is 1. The Balaban J connectivity index is 1.48. The number of carbonyl (C=O) groups is 1. The normalized spacial score (nSPS) is 10.9. The zero-order valence-electron chi connectivity index (χ0n) is 15.3. The molecular formula is C20H21ClN2O4. The summed E-state index contributed by atoms with van der Waals surface area (Å²) in [6.45, 7) is 5.02. The summed E-state index contributed by atoms with van der Waals surface area (Å²) in [6.07, 6.45) is 0.167. The summed E-state index contributed by atoms with van der Waals surface area (Å²) >= 11 is 5.89. The van der Waals surface area contributed by atoms with Crippen LogP contribution in [-0.4, -0.2) is 23.6 Å². The van der Waals surface area contributed by atoms with Crippen LogP contribution in [0.1, 0.15) is 17.5 Å². The fourth-order valence-electron chi connectivity index (χ4n) is 2.87. The third-order valence-electron chi connectivity index (χ3n) is 4.21. The summed E-state index contributed by atoms with van der Waals surface area (Å²) in [5.41, 5.74) is 3.27. The molecule has 3 aromatic rings. The van der Waals surface area contributed by atoms with Crippen LogP contribution < -0.4 is 15.8 Å². The van der Waals surface area contributed by atoms with Crippen molar-refractivity contribution in [2.24, 2.45) is 0 Å². The molecule has 0 aliphatic heterocycles. The zero-order valence-corrected chi connectivity index (χ0v) is 16.0. The molecule has 2 aromatic carbocycles. The molecule has 1 N–H and O–H groups in total. The molecule has 0 fully saturated rings. The molecule has 1 amide bonds. The summed E-state index contributed by atoms with van der Waals surface area (Å²) < 4.78 is 12.3. The Morgan fingerprint density at radius 3 is 2.81 bits per heavy atom. The van der Waals surface area contributed by atoms with Crippen molar-refractivity contribution in [2.75, 3.05) is 13.2 Å². The van der Waals surface area contributed by atoms with Crippen molar-refractivity contribution in [2.45, 2.75) is 26.8 Å². The van der Waals surface area contributed by atoms with E-state index >= 15 is 0 Å². The predicted octanol–water partition coefficient (Wildman–Crippen LogP) is 3.45. The number of rotatable bonds is 7. The minimum absolute atomic E-state index is 0.158. The van der Waals surface area contributed by atoms with Gasteiger partial charge in [-0.3, -0.25) is 9.36 Å². The number of amides is 1. The number of halogens is 1. The lowest BCUT2D eigenvalue weighted by atomic mass is 10.1. The maximum absolute atomic E-state index is 12.0. The predicted molar refractivity (Wildman–Crippen MR) is 105 cm³/mol. The molecule has 0 aliphatic rings. The Morgan fingerprint density at radius 1 is 1.22 bits per heavy atom. The van der Waals surface area contributed by atoms with Gasteiger partial charge in [-0.05, 0) is 37.6 Å². The number of ether oxygens (including phenoxy) is 1. The van der Waals surface area contributed by atoms with Crippen LogP contribution in [0.25, 0.3) is 11.1 Å². The largest absolute Gasteiger partial charge is 0.491 e. The van der Waals surface area contributed by atoms with Gasteiger partial charge in [0.25, 0.3) is 0 Å². The number of nitrogens with zero attached hydrogens (tertiary/aromatic N) is 1. The highest BCUT2D eigenvalue weighted by Gasteiger charge is 2.11. The van der Waals surface area contributed by atoms with Crippen molar-refractivity contribution in [1.82, 2.24) is 9.88 Å². The first-order valence-corrected chi connectivity index (χ1v) is 9.07. The molecule has 0 atom stereocenters. The Hall–Kier alpha value is -2.73. The van der Waals surface area contributed by atoms with Gasteiger partial charge in [0, 0.05) is 24.1 Å². The average molecular weight is 389 g/mol. The lowest BCUT2D eigenvalue weighted by Gasteiger charge is -2.10. The van der Waals surface area contributed by atoms with Gasteiger partial charge in [0.2, 0.25) is 5.91 Å². The molecule has 6 nitrogen and oxygen atoms in total. The summed E-state index contributed by atoms with van der Waals surface area (Å²) in [5, 5.41) is 3.28. The van der Waals surface area contributed by atoms with Crippen LogP contribution in [-0.2, 0) is 11.3 Å². The number of oxazole rings is 1. The Morgan fingerprint density at radius 2 is 2.04 bits per heavy atom. The highest BCUT2D eigenvalue weighted by atomic mass is 35.5. The molecule has 7 heteroatoms. The number of fused-ring (bicyclic) bond motifs is 1. The van der Waals surface area contributed by atoms with Crippen LogP contribution >= 0.6 is 11.6 Å². The first kappa shape index (κ1) is 19.0. The Kier molecular flexibility index (Phi) is 5.86. The van der Waals surface area contributed by atoms with E-state index in [0.29, 0.717) is 29.3 Å². The van der Waals surface area contributed by atoms with E-state index in [9.17, 15) is 9.59 Å². The Bertz CT molecular complexity index is 1020. The Labute approximate surface area is 161 Å². The van der Waals surface area contributed by atoms with Crippen molar-refractivity contribution in [3.8, 4) is 5.75 Å². The van der Waals surface area contributed by atoms with E-state index < -0.39 is 5.76 Å². The maximum atomic E-state index is 12.0. The number of benzene rings is 2. The van der Waals surface area contributed by atoms with E-state index in [1.807, 2.05) is 32.0 Å². The van der Waals surface area contributed by atoms with Crippen LogP contribution in [0.5, 0.6) is 5.75 Å².